The van der Waals surface area contributed by atoms with E-state index in [0.717, 1.165) is 0 Å². The normalized spacial score (nSPS) is 24.7. The van der Waals surface area contributed by atoms with E-state index in [1.54, 1.807) is 0 Å². The Morgan fingerprint density at radius 1 is 1.43 bits per heavy atom. The molecule has 1 aromatic rings. The maximum Gasteiger partial charge on any atom is 0.0733 e. The average Bonchev–Trinajstić information content (AvgIpc) is 2.67. The van der Waals surface area contributed by atoms with Crippen molar-refractivity contribution in [3.63, 3.8) is 0 Å². The van der Waals surface area contributed by atoms with Crippen molar-refractivity contribution in [1.82, 2.24) is 10.2 Å². The molecular weight excluding hydrogens is 174 g/mol. The van der Waals surface area contributed by atoms with Gasteiger partial charge in [0.05, 0.1) is 5.69 Å². The molecule has 1 aromatic heterocycles. The summed E-state index contributed by atoms with van der Waals surface area (Å²) in [6.07, 6.45) is 6.11. The molecule has 1 saturated carbocycles. The molecule has 76 valence electrons. The predicted molar refractivity (Wildman–Crippen MR) is 55.2 cm³/mol. The molecular formula is C11H17N3. The summed E-state index contributed by atoms with van der Waals surface area (Å²) in [5.74, 6) is 0. The van der Waals surface area contributed by atoms with Gasteiger partial charge in [-0.2, -0.15) is 5.10 Å². The van der Waals surface area contributed by atoms with E-state index in [1.807, 2.05) is 0 Å². The summed E-state index contributed by atoms with van der Waals surface area (Å²) in [6.45, 7) is 2.11. The summed E-state index contributed by atoms with van der Waals surface area (Å²) in [7, 11) is 0. The minimum atomic E-state index is 0.231. The molecule has 1 atom stereocenters. The van der Waals surface area contributed by atoms with Crippen LogP contribution in [-0.4, -0.2) is 16.2 Å². The Labute approximate surface area is 84.1 Å². The highest BCUT2D eigenvalue weighted by Crippen LogP contribution is 2.51. The van der Waals surface area contributed by atoms with Crippen LogP contribution in [0.4, 0.5) is 0 Å². The highest BCUT2D eigenvalue weighted by Gasteiger charge is 2.51. The van der Waals surface area contributed by atoms with Gasteiger partial charge in [0.25, 0.3) is 0 Å². The number of nitrogens with zero attached hydrogens (tertiary/aromatic N) is 1. The Hall–Kier alpha value is -0.830. The Kier molecular flexibility index (Phi) is 1.57. The first-order valence-electron chi connectivity index (χ1n) is 5.56. The number of hydrogen-bond donors (Lipinski definition) is 2. The van der Waals surface area contributed by atoms with Crippen LogP contribution in [0, 0.1) is 0 Å². The van der Waals surface area contributed by atoms with Gasteiger partial charge in [-0.05, 0) is 44.6 Å². The first kappa shape index (κ1) is 8.48. The molecule has 1 unspecified atom stereocenters. The number of nitrogens with one attached hydrogen (secondary N) is 1. The van der Waals surface area contributed by atoms with Crippen LogP contribution in [0.15, 0.2) is 0 Å². The zero-order valence-corrected chi connectivity index (χ0v) is 8.64. The van der Waals surface area contributed by atoms with Crippen LogP contribution in [0.5, 0.6) is 0 Å². The number of rotatable bonds is 2. The molecule has 14 heavy (non-hydrogen) atoms. The molecule has 3 heteroatoms. The Balaban J connectivity index is 2.05. The maximum absolute atomic E-state index is 6.06. The highest BCUT2D eigenvalue weighted by molar-refractivity contribution is 5.39. The van der Waals surface area contributed by atoms with Crippen molar-refractivity contribution >= 4 is 0 Å². The van der Waals surface area contributed by atoms with E-state index in [9.17, 15) is 0 Å². The van der Waals surface area contributed by atoms with E-state index in [4.69, 9.17) is 5.73 Å². The number of hydrogen-bond acceptors (Lipinski definition) is 2. The summed E-state index contributed by atoms with van der Waals surface area (Å²) < 4.78 is 0. The number of nitrogens with two attached hydrogens (primary N) is 1. The van der Waals surface area contributed by atoms with E-state index in [0.29, 0.717) is 0 Å². The SMILES string of the molecule is CC(N)C1(c2n[nH]c3c2CCC3)CC1. The highest BCUT2D eigenvalue weighted by atomic mass is 15.1. The molecule has 0 spiro atoms. The maximum atomic E-state index is 6.06. The lowest BCUT2D eigenvalue weighted by molar-refractivity contribution is 0.536. The van der Waals surface area contributed by atoms with Crippen LogP contribution in [-0.2, 0) is 18.3 Å². The van der Waals surface area contributed by atoms with Gasteiger partial charge in [-0.1, -0.05) is 0 Å². The third-order valence-electron chi connectivity index (χ3n) is 3.94. The molecule has 0 saturated heterocycles. The van der Waals surface area contributed by atoms with Crippen LogP contribution in [0.25, 0.3) is 0 Å². The summed E-state index contributed by atoms with van der Waals surface area (Å²) >= 11 is 0. The standard InChI is InChI=1S/C11H17N3/c1-7(12)11(5-6-11)10-8-3-2-4-9(8)13-14-10/h7H,2-6,12H2,1H3,(H,13,14). The molecule has 3 N–H and O–H groups in total. The molecule has 2 aliphatic rings. The summed E-state index contributed by atoms with van der Waals surface area (Å²) in [4.78, 5) is 0. The zero-order valence-electron chi connectivity index (χ0n) is 8.64. The van der Waals surface area contributed by atoms with Gasteiger partial charge in [0, 0.05) is 17.2 Å². The molecule has 0 radical (unpaired) electrons. The van der Waals surface area contributed by atoms with Crippen molar-refractivity contribution in [2.24, 2.45) is 5.73 Å². The minimum absolute atomic E-state index is 0.231. The number of fused-ring (bicyclic) bond motifs is 1. The summed E-state index contributed by atoms with van der Waals surface area (Å²) in [5, 5.41) is 7.67. The topological polar surface area (TPSA) is 54.7 Å². The van der Waals surface area contributed by atoms with Crippen LogP contribution in [0.1, 0.15) is 43.1 Å². The van der Waals surface area contributed by atoms with Crippen molar-refractivity contribution in [2.45, 2.75) is 50.5 Å². The molecule has 1 heterocycles. The molecule has 3 rings (SSSR count). The van der Waals surface area contributed by atoms with Crippen molar-refractivity contribution in [3.8, 4) is 0 Å². The third kappa shape index (κ3) is 0.934. The predicted octanol–water partition coefficient (Wildman–Crippen LogP) is 1.28. The molecule has 3 nitrogen and oxygen atoms in total. The summed E-state index contributed by atoms with van der Waals surface area (Å²) in [6, 6.07) is 0.246. The smallest absolute Gasteiger partial charge is 0.0733 e. The lowest BCUT2D eigenvalue weighted by atomic mass is 9.91. The van der Waals surface area contributed by atoms with E-state index in [-0.39, 0.29) is 11.5 Å². The van der Waals surface area contributed by atoms with E-state index in [2.05, 4.69) is 17.1 Å². The van der Waals surface area contributed by atoms with Crippen molar-refractivity contribution in [3.05, 3.63) is 17.0 Å². The zero-order chi connectivity index (χ0) is 9.76. The fourth-order valence-corrected chi connectivity index (χ4v) is 2.77. The van der Waals surface area contributed by atoms with E-state index < -0.39 is 0 Å². The molecule has 0 amide bonds. The van der Waals surface area contributed by atoms with Gasteiger partial charge >= 0.3 is 0 Å². The lowest BCUT2D eigenvalue weighted by Gasteiger charge is -2.18. The Morgan fingerprint density at radius 3 is 2.86 bits per heavy atom. The quantitative estimate of drug-likeness (QED) is 0.739. The second kappa shape index (κ2) is 2.60. The van der Waals surface area contributed by atoms with Crippen molar-refractivity contribution in [1.29, 1.82) is 0 Å². The van der Waals surface area contributed by atoms with Crippen LogP contribution in [0.2, 0.25) is 0 Å². The number of H-pyrrole nitrogens is 1. The fourth-order valence-electron chi connectivity index (χ4n) is 2.77. The molecule has 0 aromatic carbocycles. The van der Waals surface area contributed by atoms with E-state index >= 15 is 0 Å². The van der Waals surface area contributed by atoms with Crippen LogP contribution in [0.3, 0.4) is 0 Å². The Morgan fingerprint density at radius 2 is 2.21 bits per heavy atom. The largest absolute Gasteiger partial charge is 0.327 e. The van der Waals surface area contributed by atoms with Crippen LogP contribution < -0.4 is 5.73 Å². The molecule has 1 fully saturated rings. The lowest BCUT2D eigenvalue weighted by Crippen LogP contribution is -2.32. The van der Waals surface area contributed by atoms with Gasteiger partial charge in [-0.25, -0.2) is 0 Å². The third-order valence-corrected chi connectivity index (χ3v) is 3.94. The molecule has 0 aliphatic heterocycles. The van der Waals surface area contributed by atoms with Crippen LogP contribution >= 0.6 is 0 Å². The second-order valence-corrected chi connectivity index (χ2v) is 4.83. The minimum Gasteiger partial charge on any atom is -0.327 e. The fraction of sp³-hybridized carbons (Fsp3) is 0.727. The van der Waals surface area contributed by atoms with Gasteiger partial charge < -0.3 is 5.73 Å². The number of aromatic amines is 1. The molecule has 0 bridgehead atoms. The van der Waals surface area contributed by atoms with Crippen molar-refractivity contribution < 1.29 is 0 Å². The van der Waals surface area contributed by atoms with Gasteiger partial charge in [-0.3, -0.25) is 5.10 Å². The molecule has 2 aliphatic carbocycles. The Bertz CT molecular complexity index is 361. The van der Waals surface area contributed by atoms with E-state index in [1.165, 1.54) is 49.1 Å². The van der Waals surface area contributed by atoms with Gasteiger partial charge in [0.1, 0.15) is 0 Å². The van der Waals surface area contributed by atoms with Gasteiger partial charge in [0.2, 0.25) is 0 Å². The summed E-state index contributed by atoms with van der Waals surface area (Å²) in [5.41, 5.74) is 10.4. The van der Waals surface area contributed by atoms with Crippen molar-refractivity contribution in [2.75, 3.05) is 0 Å². The first-order chi connectivity index (χ1) is 6.74. The monoisotopic (exact) mass is 191 g/mol. The van der Waals surface area contributed by atoms with Gasteiger partial charge in [-0.15, -0.1) is 0 Å². The first-order valence-corrected chi connectivity index (χ1v) is 5.56. The second-order valence-electron chi connectivity index (χ2n) is 4.83. The number of aromatic nitrogens is 2. The van der Waals surface area contributed by atoms with Gasteiger partial charge in [0.15, 0.2) is 0 Å². The average molecular weight is 191 g/mol. The number of aryl methyl sites for hydroxylation is 1.